The van der Waals surface area contributed by atoms with Crippen LogP contribution in [0.25, 0.3) is 0 Å². The van der Waals surface area contributed by atoms with Crippen LogP contribution in [0.4, 0.5) is 5.69 Å². The molecule has 2 aromatic rings. The highest BCUT2D eigenvalue weighted by atomic mass is 16.1. The number of hydrogen-bond donors (Lipinski definition) is 1. The van der Waals surface area contributed by atoms with E-state index < -0.39 is 0 Å². The Morgan fingerprint density at radius 1 is 1.40 bits per heavy atom. The van der Waals surface area contributed by atoms with E-state index in [9.17, 15) is 4.79 Å². The van der Waals surface area contributed by atoms with Gasteiger partial charge in [0.15, 0.2) is 0 Å². The van der Waals surface area contributed by atoms with E-state index in [2.05, 4.69) is 20.4 Å². The van der Waals surface area contributed by atoms with Gasteiger partial charge in [0, 0.05) is 25.6 Å². The third-order valence-electron chi connectivity index (χ3n) is 1.76. The van der Waals surface area contributed by atoms with Crippen molar-refractivity contribution >= 4 is 11.6 Å². The van der Waals surface area contributed by atoms with Crippen LogP contribution in [0.5, 0.6) is 0 Å². The first-order valence-corrected chi connectivity index (χ1v) is 4.32. The molecule has 0 unspecified atom stereocenters. The van der Waals surface area contributed by atoms with Gasteiger partial charge in [-0.25, -0.2) is 4.98 Å². The zero-order valence-corrected chi connectivity index (χ0v) is 8.08. The maximum atomic E-state index is 11.6. The summed E-state index contributed by atoms with van der Waals surface area (Å²) >= 11 is 0. The molecule has 2 rings (SSSR count). The minimum absolute atomic E-state index is 0.279. The van der Waals surface area contributed by atoms with Crippen molar-refractivity contribution < 1.29 is 4.79 Å². The molecule has 1 amide bonds. The van der Waals surface area contributed by atoms with Gasteiger partial charge >= 0.3 is 0 Å². The molecule has 0 aromatic carbocycles. The van der Waals surface area contributed by atoms with Crippen LogP contribution >= 0.6 is 0 Å². The summed E-state index contributed by atoms with van der Waals surface area (Å²) in [5.74, 6) is -0.295. The second-order valence-corrected chi connectivity index (χ2v) is 2.95. The largest absolute Gasteiger partial charge is 0.318 e. The molecular weight excluding hydrogens is 194 g/mol. The number of nitrogens with one attached hydrogen (secondary N) is 1. The van der Waals surface area contributed by atoms with E-state index in [1.165, 1.54) is 18.6 Å². The number of amides is 1. The van der Waals surface area contributed by atoms with E-state index in [1.54, 1.807) is 24.1 Å². The fourth-order valence-electron chi connectivity index (χ4n) is 1.10. The molecule has 0 aliphatic rings. The van der Waals surface area contributed by atoms with Gasteiger partial charge in [-0.1, -0.05) is 0 Å². The molecule has 6 nitrogen and oxygen atoms in total. The van der Waals surface area contributed by atoms with E-state index in [-0.39, 0.29) is 11.6 Å². The molecular formula is C9H9N5O. The SMILES string of the molecule is Cn1cc(NC(=O)c2cnccn2)cn1. The first kappa shape index (κ1) is 9.32. The van der Waals surface area contributed by atoms with Crippen molar-refractivity contribution in [3.63, 3.8) is 0 Å². The maximum Gasteiger partial charge on any atom is 0.275 e. The second kappa shape index (κ2) is 3.87. The Kier molecular flexibility index (Phi) is 2.40. The summed E-state index contributed by atoms with van der Waals surface area (Å²) < 4.78 is 1.60. The van der Waals surface area contributed by atoms with Crippen molar-refractivity contribution in [1.82, 2.24) is 19.7 Å². The Hall–Kier alpha value is -2.24. The molecule has 6 heteroatoms. The van der Waals surface area contributed by atoms with Crippen LogP contribution in [0.15, 0.2) is 31.0 Å². The van der Waals surface area contributed by atoms with E-state index in [1.807, 2.05) is 0 Å². The summed E-state index contributed by atoms with van der Waals surface area (Å²) in [4.78, 5) is 19.3. The van der Waals surface area contributed by atoms with Gasteiger partial charge in [0.1, 0.15) is 5.69 Å². The Bertz CT molecular complexity index is 464. The normalized spacial score (nSPS) is 9.93. The topological polar surface area (TPSA) is 72.7 Å². The molecule has 0 bridgehead atoms. The first-order chi connectivity index (χ1) is 7.25. The molecule has 0 saturated carbocycles. The molecule has 0 aliphatic heterocycles. The lowest BCUT2D eigenvalue weighted by atomic mass is 10.4. The predicted octanol–water partition coefficient (Wildman–Crippen LogP) is 0.462. The third-order valence-corrected chi connectivity index (χ3v) is 1.76. The van der Waals surface area contributed by atoms with Gasteiger partial charge in [0.25, 0.3) is 5.91 Å². The molecule has 0 atom stereocenters. The highest BCUT2D eigenvalue weighted by molar-refractivity contribution is 6.02. The molecule has 76 valence electrons. The Balaban J connectivity index is 2.11. The molecule has 2 aromatic heterocycles. The van der Waals surface area contributed by atoms with Crippen molar-refractivity contribution in [3.8, 4) is 0 Å². The monoisotopic (exact) mass is 203 g/mol. The summed E-state index contributed by atoms with van der Waals surface area (Å²) in [5.41, 5.74) is 0.912. The summed E-state index contributed by atoms with van der Waals surface area (Å²) in [7, 11) is 1.78. The number of carbonyl (C=O) groups is 1. The lowest BCUT2D eigenvalue weighted by Gasteiger charge is -1.99. The summed E-state index contributed by atoms with van der Waals surface area (Å²) in [5, 5.41) is 6.58. The maximum absolute atomic E-state index is 11.6. The standard InChI is InChI=1S/C9H9N5O/c1-14-6-7(4-12-14)13-9(15)8-5-10-2-3-11-8/h2-6H,1H3,(H,13,15). The molecule has 0 spiro atoms. The van der Waals surface area contributed by atoms with Gasteiger partial charge < -0.3 is 5.32 Å². The minimum Gasteiger partial charge on any atom is -0.318 e. The van der Waals surface area contributed by atoms with E-state index in [4.69, 9.17) is 0 Å². The van der Waals surface area contributed by atoms with Crippen LogP contribution in [-0.4, -0.2) is 25.7 Å². The van der Waals surface area contributed by atoms with Gasteiger partial charge in [-0.2, -0.15) is 5.10 Å². The second-order valence-electron chi connectivity index (χ2n) is 2.95. The zero-order valence-electron chi connectivity index (χ0n) is 8.08. The molecule has 0 radical (unpaired) electrons. The van der Waals surface area contributed by atoms with Gasteiger partial charge in [-0.05, 0) is 0 Å². The smallest absolute Gasteiger partial charge is 0.275 e. The van der Waals surface area contributed by atoms with Crippen molar-refractivity contribution in [2.45, 2.75) is 0 Å². The highest BCUT2D eigenvalue weighted by Crippen LogP contribution is 2.05. The fraction of sp³-hybridized carbons (Fsp3) is 0.111. The van der Waals surface area contributed by atoms with Crippen LogP contribution in [0.1, 0.15) is 10.5 Å². The van der Waals surface area contributed by atoms with Gasteiger partial charge in [-0.15, -0.1) is 0 Å². The number of aryl methyl sites for hydroxylation is 1. The first-order valence-electron chi connectivity index (χ1n) is 4.32. The van der Waals surface area contributed by atoms with Crippen molar-refractivity contribution in [3.05, 3.63) is 36.7 Å². The molecule has 0 saturated heterocycles. The summed E-state index contributed by atoms with van der Waals surface area (Å²) in [6, 6.07) is 0. The average molecular weight is 203 g/mol. The molecule has 0 aliphatic carbocycles. The van der Waals surface area contributed by atoms with Gasteiger partial charge in [0.05, 0.1) is 18.1 Å². The Labute approximate surface area is 86.0 Å². The van der Waals surface area contributed by atoms with Crippen LogP contribution in [0.3, 0.4) is 0 Å². The zero-order chi connectivity index (χ0) is 10.7. The molecule has 0 fully saturated rings. The summed E-state index contributed by atoms with van der Waals surface area (Å²) in [6.07, 6.45) is 7.66. The van der Waals surface area contributed by atoms with Crippen molar-refractivity contribution in [1.29, 1.82) is 0 Å². The number of aromatic nitrogens is 4. The third kappa shape index (κ3) is 2.16. The Morgan fingerprint density at radius 3 is 2.87 bits per heavy atom. The lowest BCUT2D eigenvalue weighted by Crippen LogP contribution is -2.13. The van der Waals surface area contributed by atoms with Crippen molar-refractivity contribution in [2.75, 3.05) is 5.32 Å². The lowest BCUT2D eigenvalue weighted by molar-refractivity contribution is 0.102. The Morgan fingerprint density at radius 2 is 2.27 bits per heavy atom. The number of hydrogen-bond acceptors (Lipinski definition) is 4. The van der Waals surface area contributed by atoms with Gasteiger partial charge in [0.2, 0.25) is 0 Å². The number of carbonyl (C=O) groups excluding carboxylic acids is 1. The van der Waals surface area contributed by atoms with E-state index in [0.29, 0.717) is 5.69 Å². The van der Waals surface area contributed by atoms with Crippen LogP contribution in [0.2, 0.25) is 0 Å². The highest BCUT2D eigenvalue weighted by Gasteiger charge is 2.07. The van der Waals surface area contributed by atoms with E-state index in [0.717, 1.165) is 0 Å². The number of nitrogens with zero attached hydrogens (tertiary/aromatic N) is 4. The molecule has 15 heavy (non-hydrogen) atoms. The fourth-order valence-corrected chi connectivity index (χ4v) is 1.10. The quantitative estimate of drug-likeness (QED) is 0.769. The number of anilines is 1. The predicted molar refractivity (Wildman–Crippen MR) is 53.2 cm³/mol. The minimum atomic E-state index is -0.295. The average Bonchev–Trinajstić information content (AvgIpc) is 2.65. The van der Waals surface area contributed by atoms with Gasteiger partial charge in [-0.3, -0.25) is 14.5 Å². The van der Waals surface area contributed by atoms with Crippen molar-refractivity contribution in [2.24, 2.45) is 7.05 Å². The number of rotatable bonds is 2. The van der Waals surface area contributed by atoms with E-state index >= 15 is 0 Å². The van der Waals surface area contributed by atoms with Crippen LogP contribution in [-0.2, 0) is 7.05 Å². The van der Waals surface area contributed by atoms with Crippen LogP contribution in [0, 0.1) is 0 Å². The molecule has 2 heterocycles. The van der Waals surface area contributed by atoms with Crippen LogP contribution < -0.4 is 5.32 Å². The molecule has 1 N–H and O–H groups in total. The summed E-state index contributed by atoms with van der Waals surface area (Å²) in [6.45, 7) is 0.